The zero-order chi connectivity index (χ0) is 20.1. The van der Waals surface area contributed by atoms with Crippen molar-refractivity contribution in [1.82, 2.24) is 0 Å². The van der Waals surface area contributed by atoms with E-state index in [1.807, 2.05) is 0 Å². The average molecular weight is 628 g/mol. The Balaban J connectivity index is 1.44. The van der Waals surface area contributed by atoms with Crippen LogP contribution in [0.3, 0.4) is 0 Å². The van der Waals surface area contributed by atoms with Gasteiger partial charge in [0.25, 0.3) is 0 Å². The third kappa shape index (κ3) is 1.31. The number of ether oxygens (including phenoxy) is 2. The van der Waals surface area contributed by atoms with Crippen molar-refractivity contribution in [2.24, 2.45) is 82.9 Å². The molecule has 0 aromatic carbocycles. The first-order valence-electron chi connectivity index (χ1n) is 11.5. The zero-order valence-corrected chi connectivity index (χ0v) is 20.9. The van der Waals surface area contributed by atoms with Gasteiger partial charge in [0.2, 0.25) is 0 Å². The molecule has 0 aliphatic heterocycles. The molecular formula is C24H22I2O4. The quantitative estimate of drug-likeness (QED) is 0.204. The van der Waals surface area contributed by atoms with Crippen molar-refractivity contribution in [3.05, 3.63) is 22.3 Å². The van der Waals surface area contributed by atoms with Crippen molar-refractivity contribution in [3.63, 3.8) is 0 Å². The molecule has 8 unspecified atom stereocenters. The molecule has 0 saturated heterocycles. The molecule has 16 atom stereocenters. The Morgan fingerprint density at radius 3 is 1.10 bits per heavy atom. The molecule has 4 nitrogen and oxygen atoms in total. The first-order chi connectivity index (χ1) is 14.5. The van der Waals surface area contributed by atoms with Gasteiger partial charge >= 0.3 is 11.9 Å². The summed E-state index contributed by atoms with van der Waals surface area (Å²) in [5.41, 5.74) is 6.64. The van der Waals surface area contributed by atoms with Crippen LogP contribution in [0.15, 0.2) is 22.3 Å². The number of carbonyl (C=O) groups is 2. The van der Waals surface area contributed by atoms with Gasteiger partial charge in [-0.05, 0) is 71.0 Å². The molecule has 4 fully saturated rings. The summed E-state index contributed by atoms with van der Waals surface area (Å²) in [4.78, 5) is 26.5. The van der Waals surface area contributed by atoms with Crippen LogP contribution in [0.5, 0.6) is 0 Å². The highest BCUT2D eigenvalue weighted by Gasteiger charge is 2.85. The highest BCUT2D eigenvalue weighted by molar-refractivity contribution is 14.1. The molecule has 156 valence electrons. The van der Waals surface area contributed by atoms with Gasteiger partial charge in [0, 0.05) is 7.85 Å². The molecule has 0 aromatic heterocycles. The summed E-state index contributed by atoms with van der Waals surface area (Å²) in [5.74, 6) is 6.36. The fourth-order valence-corrected chi connectivity index (χ4v) is 15.4. The third-order valence-corrected chi connectivity index (χ3v) is 14.7. The number of alkyl halides is 2. The summed E-state index contributed by atoms with van der Waals surface area (Å²) in [5, 5.41) is 0. The number of carbonyl (C=O) groups excluding carboxylic acids is 2. The first-order valence-corrected chi connectivity index (χ1v) is 13.9. The summed E-state index contributed by atoms with van der Waals surface area (Å²) in [6.45, 7) is 0. The van der Waals surface area contributed by atoms with Gasteiger partial charge in [-0.15, -0.1) is 0 Å². The number of methoxy groups -OCH3 is 2. The number of esters is 2. The van der Waals surface area contributed by atoms with Crippen molar-refractivity contribution in [2.75, 3.05) is 14.2 Å². The molecule has 0 heterocycles. The van der Waals surface area contributed by atoms with Crippen LogP contribution in [-0.4, -0.2) is 34.0 Å². The molecule has 0 amide bonds. The predicted octanol–water partition coefficient (Wildman–Crippen LogP) is 3.28. The highest BCUT2D eigenvalue weighted by Crippen LogP contribution is 2.88. The lowest BCUT2D eigenvalue weighted by atomic mass is 9.72. The van der Waals surface area contributed by atoms with E-state index in [1.54, 1.807) is 36.5 Å². The smallest absolute Gasteiger partial charge is 0.309 e. The number of hydrogen-bond donors (Lipinski definition) is 0. The number of allylic oxidation sites excluding steroid dienone is 4. The zero-order valence-electron chi connectivity index (χ0n) is 16.6. The Labute approximate surface area is 202 Å². The minimum Gasteiger partial charge on any atom is -0.469 e. The molecule has 0 radical (unpaired) electrons. The molecule has 8 aliphatic rings. The van der Waals surface area contributed by atoms with Gasteiger partial charge in [-0.3, -0.25) is 9.59 Å². The van der Waals surface area contributed by atoms with Gasteiger partial charge in [0.15, 0.2) is 0 Å². The Morgan fingerprint density at radius 2 is 0.833 bits per heavy atom. The van der Waals surface area contributed by atoms with E-state index >= 15 is 0 Å². The van der Waals surface area contributed by atoms with E-state index in [9.17, 15) is 9.59 Å². The van der Waals surface area contributed by atoms with Crippen molar-refractivity contribution in [2.45, 2.75) is 7.85 Å². The average Bonchev–Trinajstić information content (AvgIpc) is 3.51. The highest BCUT2D eigenvalue weighted by atomic mass is 127. The molecule has 0 aromatic rings. The monoisotopic (exact) mass is 628 g/mol. The Kier molecular flexibility index (Phi) is 2.82. The lowest BCUT2D eigenvalue weighted by Gasteiger charge is -2.34. The third-order valence-electron chi connectivity index (χ3n) is 11.6. The van der Waals surface area contributed by atoms with Crippen molar-refractivity contribution in [3.8, 4) is 0 Å². The summed E-state index contributed by atoms with van der Waals surface area (Å²) < 4.78 is 12.3. The summed E-state index contributed by atoms with van der Waals surface area (Å²) in [6, 6.07) is 0. The van der Waals surface area contributed by atoms with Gasteiger partial charge in [-0.2, -0.15) is 0 Å². The van der Waals surface area contributed by atoms with Gasteiger partial charge in [0.05, 0.1) is 26.1 Å². The van der Waals surface area contributed by atoms with Gasteiger partial charge in [0.1, 0.15) is 0 Å². The molecule has 8 rings (SSSR count). The Morgan fingerprint density at radius 1 is 0.567 bits per heavy atom. The van der Waals surface area contributed by atoms with E-state index in [1.165, 1.54) is 0 Å². The largest absolute Gasteiger partial charge is 0.469 e. The van der Waals surface area contributed by atoms with E-state index in [4.69, 9.17) is 9.47 Å². The number of fused-ring (bicyclic) bond motifs is 8. The van der Waals surface area contributed by atoms with Crippen LogP contribution in [0.25, 0.3) is 0 Å². The van der Waals surface area contributed by atoms with Crippen LogP contribution in [0.1, 0.15) is 0 Å². The predicted molar refractivity (Wildman–Crippen MR) is 123 cm³/mol. The van der Waals surface area contributed by atoms with Crippen molar-refractivity contribution in [1.29, 1.82) is 0 Å². The molecule has 0 bridgehead atoms. The summed E-state index contributed by atoms with van der Waals surface area (Å²) >= 11 is 5.60. The SMILES string of the molecule is COC(=O)C1[C@H]2C3=C4[C@@H]5C(I)[C@@H]6C7=C([C@@H]8C(I)[C@H]3C5C86)[C@@H]1C1C2[C@@H]4C(C(=O)OC)[C@@H]71. The Bertz CT molecular complexity index is 933. The van der Waals surface area contributed by atoms with E-state index in [0.717, 1.165) is 11.8 Å². The summed E-state index contributed by atoms with van der Waals surface area (Å²) in [6.07, 6.45) is 0. The number of hydrogen-bond acceptors (Lipinski definition) is 4. The summed E-state index contributed by atoms with van der Waals surface area (Å²) in [7, 11) is 3.15. The molecular weight excluding hydrogens is 606 g/mol. The van der Waals surface area contributed by atoms with E-state index < -0.39 is 0 Å². The van der Waals surface area contributed by atoms with Crippen LogP contribution in [0.2, 0.25) is 0 Å². The first kappa shape index (κ1) is 17.4. The van der Waals surface area contributed by atoms with E-state index in [0.29, 0.717) is 67.0 Å². The van der Waals surface area contributed by atoms with Crippen LogP contribution >= 0.6 is 45.2 Å². The van der Waals surface area contributed by atoms with Crippen LogP contribution in [-0.2, 0) is 19.1 Å². The standard InChI is InChI=1S/C24H22I2O4/c1-29-23(27)19-9-3-4-10(19)6-8-12(4)20(24(28)30-2)11(3)7-5(9)15-13-14(16(6)21(15)25)18(8)22(26)17(7)13/h3-4,9-22H,1-2H3/t3?,4?,9-,10+,11+,12-,13?,14?,15-,16+,17+,18-,19?,20?,21?,22?. The maximum atomic E-state index is 13.3. The minimum absolute atomic E-state index is 0.00478. The lowest BCUT2D eigenvalue weighted by molar-refractivity contribution is -0.148. The fraction of sp³-hybridized carbons (Fsp3) is 0.750. The molecule has 30 heavy (non-hydrogen) atoms. The molecule has 0 N–H and O–H groups in total. The fourth-order valence-electron chi connectivity index (χ4n) is 11.9. The van der Waals surface area contributed by atoms with Crippen LogP contribution < -0.4 is 0 Å². The molecule has 4 saturated carbocycles. The second-order valence-corrected chi connectivity index (χ2v) is 14.2. The normalized spacial score (nSPS) is 64.7. The van der Waals surface area contributed by atoms with Crippen molar-refractivity contribution < 1.29 is 19.1 Å². The van der Waals surface area contributed by atoms with Crippen molar-refractivity contribution >= 4 is 57.1 Å². The second kappa shape index (κ2) is 4.87. The van der Waals surface area contributed by atoms with Gasteiger partial charge in [-0.25, -0.2) is 0 Å². The van der Waals surface area contributed by atoms with Crippen LogP contribution in [0.4, 0.5) is 0 Å². The van der Waals surface area contributed by atoms with Gasteiger partial charge in [-0.1, -0.05) is 67.5 Å². The molecule has 8 aliphatic carbocycles. The molecule has 6 heteroatoms. The minimum atomic E-state index is 0.00478. The van der Waals surface area contributed by atoms with E-state index in [-0.39, 0.29) is 23.8 Å². The number of rotatable bonds is 2. The maximum absolute atomic E-state index is 13.3. The number of halogens is 2. The Hall–Kier alpha value is -0.120. The lowest BCUT2D eigenvalue weighted by Crippen LogP contribution is -2.37. The van der Waals surface area contributed by atoms with E-state index in [2.05, 4.69) is 45.2 Å². The maximum Gasteiger partial charge on any atom is 0.309 e. The van der Waals surface area contributed by atoms with Crippen LogP contribution in [0, 0.1) is 82.9 Å². The van der Waals surface area contributed by atoms with Gasteiger partial charge < -0.3 is 9.47 Å². The topological polar surface area (TPSA) is 52.6 Å². The molecule has 0 spiro atoms. The second-order valence-electron chi connectivity index (χ2n) is 11.3.